The molecule has 98 valence electrons. The molecule has 0 spiro atoms. The van der Waals surface area contributed by atoms with E-state index in [1.807, 2.05) is 0 Å². The van der Waals surface area contributed by atoms with Gasteiger partial charge in [-0.15, -0.1) is 0 Å². The minimum absolute atomic E-state index is 0.149. The highest BCUT2D eigenvalue weighted by Gasteiger charge is 2.15. The molecule has 0 saturated heterocycles. The van der Waals surface area contributed by atoms with Gasteiger partial charge in [0.05, 0.1) is 5.92 Å². The van der Waals surface area contributed by atoms with E-state index in [9.17, 15) is 9.59 Å². The van der Waals surface area contributed by atoms with Crippen LogP contribution in [-0.2, 0) is 14.3 Å². The number of hydrogen-bond acceptors (Lipinski definition) is 3. The molecule has 0 heterocycles. The van der Waals surface area contributed by atoms with E-state index in [-0.39, 0.29) is 24.4 Å². The van der Waals surface area contributed by atoms with Crippen LogP contribution in [0.5, 0.6) is 0 Å². The summed E-state index contributed by atoms with van der Waals surface area (Å²) in [4.78, 5) is 22.6. The second-order valence-corrected chi connectivity index (χ2v) is 5.07. The predicted molar refractivity (Wildman–Crippen MR) is 65.4 cm³/mol. The van der Waals surface area contributed by atoms with Gasteiger partial charge in [0, 0.05) is 6.54 Å². The van der Waals surface area contributed by atoms with Crippen molar-refractivity contribution in [2.45, 2.75) is 46.0 Å². The lowest BCUT2D eigenvalue weighted by Crippen LogP contribution is -2.34. The molecule has 0 radical (unpaired) electrons. The molecular formula is C13H23NO3. The average Bonchev–Trinajstić information content (AvgIpc) is 2.34. The van der Waals surface area contributed by atoms with Gasteiger partial charge in [0.1, 0.15) is 0 Å². The Morgan fingerprint density at radius 3 is 2.47 bits per heavy atom. The van der Waals surface area contributed by atoms with Gasteiger partial charge < -0.3 is 10.1 Å². The maximum absolute atomic E-state index is 11.4. The third-order valence-corrected chi connectivity index (χ3v) is 3.13. The van der Waals surface area contributed by atoms with E-state index in [4.69, 9.17) is 4.74 Å². The molecule has 1 amide bonds. The van der Waals surface area contributed by atoms with Gasteiger partial charge in [0.2, 0.25) is 0 Å². The monoisotopic (exact) mass is 241 g/mol. The second kappa shape index (κ2) is 7.30. The zero-order valence-corrected chi connectivity index (χ0v) is 10.8. The zero-order chi connectivity index (χ0) is 12.7. The number of nitrogens with one attached hydrogen (secondary N) is 1. The van der Waals surface area contributed by atoms with E-state index < -0.39 is 0 Å². The summed E-state index contributed by atoms with van der Waals surface area (Å²) in [5, 5.41) is 2.83. The normalized spacial score (nSPS) is 16.9. The summed E-state index contributed by atoms with van der Waals surface area (Å²) < 4.78 is 4.85. The summed E-state index contributed by atoms with van der Waals surface area (Å²) in [6.07, 6.45) is 6.25. The molecule has 0 aromatic heterocycles. The molecule has 1 saturated carbocycles. The number of hydrogen-bond donors (Lipinski definition) is 1. The molecule has 1 N–H and O–H groups in total. The van der Waals surface area contributed by atoms with Gasteiger partial charge in [-0.3, -0.25) is 9.59 Å². The standard InChI is InChI=1S/C13H23NO3/c1-10(2)13(16)17-9-12(15)14-8-11-6-4-3-5-7-11/h10-11H,3-9H2,1-2H3,(H,14,15). The van der Waals surface area contributed by atoms with Crippen molar-refractivity contribution >= 4 is 11.9 Å². The molecule has 1 fully saturated rings. The molecular weight excluding hydrogens is 218 g/mol. The Balaban J connectivity index is 2.10. The highest BCUT2D eigenvalue weighted by Crippen LogP contribution is 2.22. The molecule has 1 rings (SSSR count). The number of carbonyl (C=O) groups excluding carboxylic acids is 2. The van der Waals surface area contributed by atoms with Crippen LogP contribution in [0.2, 0.25) is 0 Å². The van der Waals surface area contributed by atoms with Crippen LogP contribution in [0.25, 0.3) is 0 Å². The molecule has 17 heavy (non-hydrogen) atoms. The summed E-state index contributed by atoms with van der Waals surface area (Å²) in [6, 6.07) is 0. The quantitative estimate of drug-likeness (QED) is 0.748. The van der Waals surface area contributed by atoms with E-state index in [1.165, 1.54) is 32.1 Å². The Labute approximate surface area is 103 Å². The molecule has 0 aromatic rings. The van der Waals surface area contributed by atoms with Crippen LogP contribution in [0.3, 0.4) is 0 Å². The van der Waals surface area contributed by atoms with Crippen LogP contribution in [0.1, 0.15) is 46.0 Å². The summed E-state index contributed by atoms with van der Waals surface area (Å²) in [5.41, 5.74) is 0. The number of ether oxygens (including phenoxy) is 1. The highest BCUT2D eigenvalue weighted by atomic mass is 16.5. The lowest BCUT2D eigenvalue weighted by Gasteiger charge is -2.21. The molecule has 1 aliphatic rings. The van der Waals surface area contributed by atoms with Crippen LogP contribution < -0.4 is 5.32 Å². The second-order valence-electron chi connectivity index (χ2n) is 5.07. The lowest BCUT2D eigenvalue weighted by atomic mass is 9.89. The van der Waals surface area contributed by atoms with E-state index >= 15 is 0 Å². The lowest BCUT2D eigenvalue weighted by molar-refractivity contribution is -0.151. The minimum atomic E-state index is -0.321. The molecule has 0 bridgehead atoms. The van der Waals surface area contributed by atoms with Crippen molar-refractivity contribution < 1.29 is 14.3 Å². The van der Waals surface area contributed by atoms with E-state index in [0.29, 0.717) is 5.92 Å². The first-order valence-electron chi connectivity index (χ1n) is 6.53. The van der Waals surface area contributed by atoms with Crippen molar-refractivity contribution in [3.63, 3.8) is 0 Å². The summed E-state index contributed by atoms with van der Waals surface area (Å²) in [5.74, 6) is -0.0861. The fraction of sp³-hybridized carbons (Fsp3) is 0.846. The van der Waals surface area contributed by atoms with Crippen LogP contribution in [0.4, 0.5) is 0 Å². The third kappa shape index (κ3) is 5.71. The van der Waals surface area contributed by atoms with Gasteiger partial charge in [-0.2, -0.15) is 0 Å². The van der Waals surface area contributed by atoms with Gasteiger partial charge in [-0.25, -0.2) is 0 Å². The van der Waals surface area contributed by atoms with Gasteiger partial charge in [-0.05, 0) is 18.8 Å². The Hall–Kier alpha value is -1.06. The first kappa shape index (κ1) is 14.0. The van der Waals surface area contributed by atoms with Crippen LogP contribution in [-0.4, -0.2) is 25.0 Å². The van der Waals surface area contributed by atoms with Crippen molar-refractivity contribution in [3.8, 4) is 0 Å². The maximum atomic E-state index is 11.4. The maximum Gasteiger partial charge on any atom is 0.308 e. The van der Waals surface area contributed by atoms with Crippen LogP contribution in [0.15, 0.2) is 0 Å². The molecule has 0 unspecified atom stereocenters. The largest absolute Gasteiger partial charge is 0.455 e. The highest BCUT2D eigenvalue weighted by molar-refractivity contribution is 5.80. The average molecular weight is 241 g/mol. The van der Waals surface area contributed by atoms with Crippen molar-refractivity contribution in [2.24, 2.45) is 11.8 Å². The molecule has 0 aromatic carbocycles. The van der Waals surface area contributed by atoms with E-state index in [1.54, 1.807) is 13.8 Å². The van der Waals surface area contributed by atoms with Crippen molar-refractivity contribution in [2.75, 3.05) is 13.2 Å². The van der Waals surface area contributed by atoms with Gasteiger partial charge in [-0.1, -0.05) is 33.1 Å². The fourth-order valence-electron chi connectivity index (χ4n) is 2.00. The smallest absolute Gasteiger partial charge is 0.308 e. The first-order valence-corrected chi connectivity index (χ1v) is 6.53. The van der Waals surface area contributed by atoms with Crippen molar-refractivity contribution in [3.05, 3.63) is 0 Å². The molecule has 0 aliphatic heterocycles. The SMILES string of the molecule is CC(C)C(=O)OCC(=O)NCC1CCCCC1. The molecule has 1 aliphatic carbocycles. The van der Waals surface area contributed by atoms with Gasteiger partial charge >= 0.3 is 5.97 Å². The van der Waals surface area contributed by atoms with Crippen LogP contribution in [0, 0.1) is 11.8 Å². The Kier molecular flexibility index (Phi) is 6.01. The van der Waals surface area contributed by atoms with Crippen molar-refractivity contribution in [1.29, 1.82) is 0 Å². The van der Waals surface area contributed by atoms with E-state index in [0.717, 1.165) is 6.54 Å². The molecule has 4 heteroatoms. The van der Waals surface area contributed by atoms with Crippen LogP contribution >= 0.6 is 0 Å². The number of esters is 1. The summed E-state index contributed by atoms with van der Waals surface area (Å²) in [6.45, 7) is 4.08. The third-order valence-electron chi connectivity index (χ3n) is 3.13. The first-order chi connectivity index (χ1) is 8.09. The fourth-order valence-corrected chi connectivity index (χ4v) is 2.00. The summed E-state index contributed by atoms with van der Waals surface area (Å²) >= 11 is 0. The molecule has 4 nitrogen and oxygen atoms in total. The van der Waals surface area contributed by atoms with Gasteiger partial charge in [0.15, 0.2) is 6.61 Å². The number of carbonyl (C=O) groups is 2. The summed E-state index contributed by atoms with van der Waals surface area (Å²) in [7, 11) is 0. The number of amides is 1. The predicted octanol–water partition coefficient (Wildman–Crippen LogP) is 1.88. The minimum Gasteiger partial charge on any atom is -0.455 e. The Morgan fingerprint density at radius 1 is 1.24 bits per heavy atom. The van der Waals surface area contributed by atoms with Gasteiger partial charge in [0.25, 0.3) is 5.91 Å². The Morgan fingerprint density at radius 2 is 1.88 bits per heavy atom. The zero-order valence-electron chi connectivity index (χ0n) is 10.8. The van der Waals surface area contributed by atoms with E-state index in [2.05, 4.69) is 5.32 Å². The topological polar surface area (TPSA) is 55.4 Å². The van der Waals surface area contributed by atoms with Crippen molar-refractivity contribution in [1.82, 2.24) is 5.32 Å². The number of rotatable bonds is 5. The molecule has 0 atom stereocenters. The Bertz CT molecular complexity index is 257.